The van der Waals surface area contributed by atoms with Gasteiger partial charge in [-0.1, -0.05) is 55.8 Å². The number of fused-ring (bicyclic) bond motifs is 2. The molecule has 0 atom stereocenters. The van der Waals surface area contributed by atoms with E-state index in [0.717, 1.165) is 31.6 Å². The summed E-state index contributed by atoms with van der Waals surface area (Å²) >= 11 is 0. The number of benzene rings is 2. The minimum absolute atomic E-state index is 0.582. The Balaban J connectivity index is 1.52. The Kier molecular flexibility index (Phi) is 6.64. The van der Waals surface area contributed by atoms with Crippen LogP contribution in [0.15, 0.2) is 77.6 Å². The minimum Gasteiger partial charge on any atom is -0.350 e. The van der Waals surface area contributed by atoms with Gasteiger partial charge in [0.15, 0.2) is 0 Å². The van der Waals surface area contributed by atoms with E-state index in [2.05, 4.69) is 111 Å². The van der Waals surface area contributed by atoms with Gasteiger partial charge in [0.05, 0.1) is 0 Å². The second-order valence-electron chi connectivity index (χ2n) is 9.20. The van der Waals surface area contributed by atoms with Crippen molar-refractivity contribution in [3.8, 4) is 11.1 Å². The molecule has 3 nitrogen and oxygen atoms in total. The molecule has 2 aromatic heterocycles. The van der Waals surface area contributed by atoms with Crippen LogP contribution in [0.25, 0.3) is 32.9 Å². The highest BCUT2D eigenvalue weighted by atomic mass is 15.0. The number of aromatic nitrogens is 2. The zero-order valence-electron chi connectivity index (χ0n) is 20.1. The second kappa shape index (κ2) is 9.60. The highest BCUT2D eigenvalue weighted by molar-refractivity contribution is 6.05. The van der Waals surface area contributed by atoms with E-state index < -0.39 is 0 Å². The average Bonchev–Trinajstić information content (AvgIpc) is 3.31. The molecule has 0 radical (unpaired) electrons. The van der Waals surface area contributed by atoms with Crippen molar-refractivity contribution in [3.63, 3.8) is 0 Å². The van der Waals surface area contributed by atoms with Crippen LogP contribution in [0.2, 0.25) is 0 Å². The molecule has 0 bridgehead atoms. The average molecular weight is 426 g/mol. The van der Waals surface area contributed by atoms with E-state index in [0.29, 0.717) is 5.92 Å². The lowest BCUT2D eigenvalue weighted by Crippen LogP contribution is -1.98. The molecule has 166 valence electrons. The van der Waals surface area contributed by atoms with Gasteiger partial charge in [0.2, 0.25) is 0 Å². The van der Waals surface area contributed by atoms with Gasteiger partial charge in [-0.2, -0.15) is 0 Å². The van der Waals surface area contributed by atoms with Crippen molar-refractivity contribution >= 4 is 27.5 Å². The zero-order valence-corrected chi connectivity index (χ0v) is 20.1. The predicted octanol–water partition coefficient (Wildman–Crippen LogP) is 7.64. The summed E-state index contributed by atoms with van der Waals surface area (Å²) < 4.78 is 4.65. The minimum atomic E-state index is 0.582. The fourth-order valence-corrected chi connectivity index (χ4v) is 4.39. The van der Waals surface area contributed by atoms with Crippen molar-refractivity contribution in [2.24, 2.45) is 18.0 Å². The molecule has 0 unspecified atom stereocenters. The Labute approximate surface area is 192 Å². The van der Waals surface area contributed by atoms with Crippen LogP contribution in [0.3, 0.4) is 0 Å². The largest absolute Gasteiger partial charge is 0.350 e. The van der Waals surface area contributed by atoms with Crippen LogP contribution in [0.4, 0.5) is 0 Å². The van der Waals surface area contributed by atoms with Crippen LogP contribution < -0.4 is 0 Å². The first kappa shape index (κ1) is 22.1. The molecule has 0 spiro atoms. The molecule has 0 aliphatic carbocycles. The number of rotatable bonds is 8. The van der Waals surface area contributed by atoms with Gasteiger partial charge in [0.25, 0.3) is 0 Å². The molecule has 3 heteroatoms. The Morgan fingerprint density at radius 2 is 1.50 bits per heavy atom. The van der Waals surface area contributed by atoms with E-state index in [-0.39, 0.29) is 0 Å². The van der Waals surface area contributed by atoms with Gasteiger partial charge in [-0.25, -0.2) is 0 Å². The molecule has 0 saturated carbocycles. The fraction of sp³-hybridized carbons (Fsp3) is 0.345. The second-order valence-corrected chi connectivity index (χ2v) is 9.20. The van der Waals surface area contributed by atoms with E-state index in [1.807, 2.05) is 0 Å². The molecule has 32 heavy (non-hydrogen) atoms. The molecular formula is C29H35N3. The van der Waals surface area contributed by atoms with Crippen molar-refractivity contribution in [2.45, 2.75) is 47.1 Å². The van der Waals surface area contributed by atoms with E-state index in [1.165, 1.54) is 38.5 Å². The predicted molar refractivity (Wildman–Crippen MR) is 140 cm³/mol. The number of aryl methyl sites for hydroxylation is 2. The monoisotopic (exact) mass is 425 g/mol. The van der Waals surface area contributed by atoms with Gasteiger partial charge >= 0.3 is 0 Å². The highest BCUT2D eigenvalue weighted by Crippen LogP contribution is 2.36. The summed E-state index contributed by atoms with van der Waals surface area (Å²) in [5.74, 6) is 0.582. The van der Waals surface area contributed by atoms with Crippen molar-refractivity contribution in [1.29, 1.82) is 0 Å². The number of nitrogens with zero attached hydrogens (tertiary/aromatic N) is 3. The molecule has 2 aromatic carbocycles. The van der Waals surface area contributed by atoms with Crippen molar-refractivity contribution in [3.05, 3.63) is 72.6 Å². The van der Waals surface area contributed by atoms with Crippen LogP contribution in [0.1, 0.15) is 40.5 Å². The van der Waals surface area contributed by atoms with E-state index >= 15 is 0 Å². The summed E-state index contributed by atoms with van der Waals surface area (Å²) in [5, 5.41) is 2.64. The SMILES string of the molecule is CC(/C=C(/C)C(C)C)=NCCCCn1cc(-c2cn(C)c3ccccc23)c2ccccc21. The Hall–Kier alpha value is -3.07. The van der Waals surface area contributed by atoms with Crippen LogP contribution in [-0.4, -0.2) is 21.4 Å². The van der Waals surface area contributed by atoms with Crippen molar-refractivity contribution in [1.82, 2.24) is 9.13 Å². The number of hydrogen-bond acceptors (Lipinski definition) is 1. The van der Waals surface area contributed by atoms with Gasteiger partial charge in [-0.3, -0.25) is 4.99 Å². The number of hydrogen-bond donors (Lipinski definition) is 0. The highest BCUT2D eigenvalue weighted by Gasteiger charge is 2.14. The molecule has 4 rings (SSSR count). The third kappa shape index (κ3) is 4.57. The van der Waals surface area contributed by atoms with Crippen LogP contribution in [0.5, 0.6) is 0 Å². The molecule has 0 aliphatic rings. The summed E-state index contributed by atoms with van der Waals surface area (Å²) in [5.41, 5.74) is 7.75. The normalized spacial score (nSPS) is 13.1. The van der Waals surface area contributed by atoms with Crippen LogP contribution in [0, 0.1) is 5.92 Å². The maximum absolute atomic E-state index is 4.76. The first-order chi connectivity index (χ1) is 15.5. The van der Waals surface area contributed by atoms with Gasteiger partial charge < -0.3 is 9.13 Å². The maximum Gasteiger partial charge on any atom is 0.0486 e. The first-order valence-electron chi connectivity index (χ1n) is 11.8. The lowest BCUT2D eigenvalue weighted by atomic mass is 10.0. The molecule has 0 aliphatic heterocycles. The zero-order chi connectivity index (χ0) is 22.7. The number of para-hydroxylation sites is 2. The van der Waals surface area contributed by atoms with Gasteiger partial charge in [0, 0.05) is 71.2 Å². The molecule has 0 fully saturated rings. The quantitative estimate of drug-likeness (QED) is 0.204. The van der Waals surface area contributed by atoms with Gasteiger partial charge in [0.1, 0.15) is 0 Å². The standard InChI is InChI=1S/C29H35N3/c1-21(2)22(3)18-23(4)30-16-10-11-17-32-20-27(25-13-7-9-15-29(25)32)26-19-31(5)28-14-8-6-12-24(26)28/h6-9,12-15,18-21H,10-11,16-17H2,1-5H3/b22-18-,30-23?. The lowest BCUT2D eigenvalue weighted by Gasteiger charge is -2.06. The summed E-state index contributed by atoms with van der Waals surface area (Å²) in [7, 11) is 2.13. The first-order valence-corrected chi connectivity index (χ1v) is 11.8. The number of allylic oxidation sites excluding steroid dienone is 2. The molecular weight excluding hydrogens is 390 g/mol. The number of aliphatic imine (C=N–C) groups is 1. The van der Waals surface area contributed by atoms with Crippen LogP contribution in [-0.2, 0) is 13.6 Å². The van der Waals surface area contributed by atoms with E-state index in [4.69, 9.17) is 4.99 Å². The summed E-state index contributed by atoms with van der Waals surface area (Å²) in [4.78, 5) is 4.76. The lowest BCUT2D eigenvalue weighted by molar-refractivity contribution is 0.631. The van der Waals surface area contributed by atoms with Gasteiger partial charge in [-0.05, 0) is 50.8 Å². The van der Waals surface area contributed by atoms with E-state index in [1.54, 1.807) is 0 Å². The number of unbranched alkanes of at least 4 members (excludes halogenated alkanes) is 1. The fourth-order valence-electron chi connectivity index (χ4n) is 4.39. The smallest absolute Gasteiger partial charge is 0.0486 e. The maximum atomic E-state index is 4.76. The van der Waals surface area contributed by atoms with Crippen molar-refractivity contribution < 1.29 is 0 Å². The molecule has 0 saturated heterocycles. The summed E-state index contributed by atoms with van der Waals surface area (Å²) in [6.07, 6.45) is 9.05. The molecule has 0 N–H and O–H groups in total. The van der Waals surface area contributed by atoms with Gasteiger partial charge in [-0.15, -0.1) is 0 Å². The van der Waals surface area contributed by atoms with E-state index in [9.17, 15) is 0 Å². The van der Waals surface area contributed by atoms with Crippen molar-refractivity contribution in [2.75, 3.05) is 6.54 Å². The van der Waals surface area contributed by atoms with Crippen LogP contribution >= 0.6 is 0 Å². The third-order valence-electron chi connectivity index (χ3n) is 6.49. The summed E-state index contributed by atoms with van der Waals surface area (Å²) in [6, 6.07) is 17.4. The Morgan fingerprint density at radius 1 is 0.875 bits per heavy atom. The molecule has 4 aromatic rings. The molecule has 2 heterocycles. The summed E-state index contributed by atoms with van der Waals surface area (Å²) in [6.45, 7) is 10.7. The Bertz CT molecular complexity index is 1280. The topological polar surface area (TPSA) is 22.2 Å². The Morgan fingerprint density at radius 3 is 2.22 bits per heavy atom. The molecule has 0 amide bonds. The third-order valence-corrected chi connectivity index (χ3v) is 6.49.